The van der Waals surface area contributed by atoms with Gasteiger partial charge in [0, 0.05) is 6.04 Å². The third kappa shape index (κ3) is 1.56. The van der Waals surface area contributed by atoms with Crippen molar-refractivity contribution in [1.29, 1.82) is 0 Å². The minimum atomic E-state index is 0.138. The molecule has 1 aromatic rings. The van der Waals surface area contributed by atoms with Crippen molar-refractivity contribution < 1.29 is 0 Å². The van der Waals surface area contributed by atoms with E-state index in [9.17, 15) is 0 Å². The summed E-state index contributed by atoms with van der Waals surface area (Å²) in [5.41, 5.74) is 8.28. The highest BCUT2D eigenvalue weighted by Gasteiger charge is 2.19. The van der Waals surface area contributed by atoms with E-state index in [0.29, 0.717) is 10.0 Å². The van der Waals surface area contributed by atoms with Crippen LogP contribution in [0.1, 0.15) is 30.0 Å². The van der Waals surface area contributed by atoms with Gasteiger partial charge in [0.2, 0.25) is 0 Å². The summed E-state index contributed by atoms with van der Waals surface area (Å²) < 4.78 is 0. The Balaban J connectivity index is 2.56. The molecule has 1 aliphatic carbocycles. The van der Waals surface area contributed by atoms with Gasteiger partial charge in [0.25, 0.3) is 0 Å². The third-order valence-electron chi connectivity index (χ3n) is 2.57. The molecule has 0 bridgehead atoms. The van der Waals surface area contributed by atoms with Crippen LogP contribution in [0.5, 0.6) is 0 Å². The Hall–Kier alpha value is -0.240. The largest absolute Gasteiger partial charge is 0.324 e. The van der Waals surface area contributed by atoms with Gasteiger partial charge in [-0.3, -0.25) is 0 Å². The third-order valence-corrected chi connectivity index (χ3v) is 3.42. The quantitative estimate of drug-likeness (QED) is 0.707. The lowest BCUT2D eigenvalue weighted by Crippen LogP contribution is -2.17. The van der Waals surface area contributed by atoms with Crippen LogP contribution in [0.2, 0.25) is 10.0 Å². The summed E-state index contributed by atoms with van der Waals surface area (Å²) in [6.45, 7) is 0. The maximum atomic E-state index is 6.09. The van der Waals surface area contributed by atoms with Crippen LogP contribution in [0.3, 0.4) is 0 Å². The molecule has 0 saturated heterocycles. The fourth-order valence-corrected chi connectivity index (χ4v) is 2.31. The molecule has 1 nitrogen and oxygen atoms in total. The molecule has 0 aliphatic heterocycles. The van der Waals surface area contributed by atoms with Crippen LogP contribution in [0.25, 0.3) is 0 Å². The van der Waals surface area contributed by atoms with Crippen molar-refractivity contribution in [2.45, 2.75) is 25.3 Å². The SMILES string of the molecule is NC1CCCc2c1ccc(Cl)c2Cl. The highest BCUT2D eigenvalue weighted by atomic mass is 35.5. The number of nitrogens with two attached hydrogens (primary N) is 1. The fourth-order valence-electron chi connectivity index (χ4n) is 1.86. The zero-order valence-corrected chi connectivity index (χ0v) is 8.70. The molecule has 1 aromatic carbocycles. The molecule has 1 aliphatic rings. The standard InChI is InChI=1S/C10H11Cl2N/c11-8-5-4-6-7(10(8)12)2-1-3-9(6)13/h4-5,9H,1-3,13H2. The molecule has 2 rings (SSSR count). The Morgan fingerprint density at radius 1 is 1.31 bits per heavy atom. The smallest absolute Gasteiger partial charge is 0.0627 e. The van der Waals surface area contributed by atoms with Gasteiger partial charge in [0.1, 0.15) is 0 Å². The van der Waals surface area contributed by atoms with Crippen LogP contribution < -0.4 is 5.73 Å². The van der Waals surface area contributed by atoms with Gasteiger partial charge in [-0.2, -0.15) is 0 Å². The fraction of sp³-hybridized carbons (Fsp3) is 0.400. The van der Waals surface area contributed by atoms with E-state index in [1.54, 1.807) is 0 Å². The van der Waals surface area contributed by atoms with E-state index >= 15 is 0 Å². The topological polar surface area (TPSA) is 26.0 Å². The van der Waals surface area contributed by atoms with Gasteiger partial charge in [-0.25, -0.2) is 0 Å². The molecule has 3 heteroatoms. The summed E-state index contributed by atoms with van der Waals surface area (Å²) in [5, 5.41) is 1.32. The number of hydrogen-bond donors (Lipinski definition) is 1. The van der Waals surface area contributed by atoms with Gasteiger partial charge in [-0.15, -0.1) is 0 Å². The lowest BCUT2D eigenvalue weighted by Gasteiger charge is -2.23. The van der Waals surface area contributed by atoms with Crippen LogP contribution >= 0.6 is 23.2 Å². The summed E-state index contributed by atoms with van der Waals surface area (Å²) in [6, 6.07) is 3.96. The number of fused-ring (bicyclic) bond motifs is 1. The number of halogens is 2. The van der Waals surface area contributed by atoms with Gasteiger partial charge in [-0.05, 0) is 36.5 Å². The van der Waals surface area contributed by atoms with Crippen molar-refractivity contribution in [2.24, 2.45) is 5.73 Å². The maximum Gasteiger partial charge on any atom is 0.0627 e. The first-order valence-corrected chi connectivity index (χ1v) is 5.18. The molecule has 70 valence electrons. The summed E-state index contributed by atoms with van der Waals surface area (Å²) in [5.74, 6) is 0. The highest BCUT2D eigenvalue weighted by molar-refractivity contribution is 6.42. The van der Waals surface area contributed by atoms with E-state index in [4.69, 9.17) is 28.9 Å². The molecule has 0 aromatic heterocycles. The summed E-state index contributed by atoms with van der Waals surface area (Å²) in [4.78, 5) is 0. The monoisotopic (exact) mass is 215 g/mol. The van der Waals surface area contributed by atoms with Crippen LogP contribution in [-0.2, 0) is 6.42 Å². The predicted octanol–water partition coefficient (Wildman–Crippen LogP) is 3.33. The van der Waals surface area contributed by atoms with Gasteiger partial charge in [0.05, 0.1) is 10.0 Å². The Kier molecular flexibility index (Phi) is 2.50. The minimum absolute atomic E-state index is 0.138. The molecule has 1 atom stereocenters. The molecule has 0 amide bonds. The van der Waals surface area contributed by atoms with Gasteiger partial charge < -0.3 is 5.73 Å². The van der Waals surface area contributed by atoms with Crippen LogP contribution in [0.4, 0.5) is 0 Å². The molecular weight excluding hydrogens is 205 g/mol. The van der Waals surface area contributed by atoms with E-state index < -0.39 is 0 Å². The van der Waals surface area contributed by atoms with Crippen molar-refractivity contribution in [3.05, 3.63) is 33.3 Å². The van der Waals surface area contributed by atoms with Crippen molar-refractivity contribution >= 4 is 23.2 Å². The molecule has 0 heterocycles. The second-order valence-corrected chi connectivity index (χ2v) is 4.21. The lowest BCUT2D eigenvalue weighted by atomic mass is 9.88. The van der Waals surface area contributed by atoms with E-state index in [-0.39, 0.29) is 6.04 Å². The zero-order chi connectivity index (χ0) is 9.42. The molecular formula is C10H11Cl2N. The van der Waals surface area contributed by atoms with E-state index in [1.807, 2.05) is 12.1 Å². The zero-order valence-electron chi connectivity index (χ0n) is 7.19. The number of hydrogen-bond acceptors (Lipinski definition) is 1. The van der Waals surface area contributed by atoms with E-state index in [0.717, 1.165) is 24.8 Å². The number of rotatable bonds is 0. The first kappa shape index (κ1) is 9.32. The molecule has 0 fully saturated rings. The summed E-state index contributed by atoms with van der Waals surface area (Å²) >= 11 is 12.0. The second kappa shape index (κ2) is 3.49. The normalized spacial score (nSPS) is 21.3. The first-order valence-electron chi connectivity index (χ1n) is 4.42. The lowest BCUT2D eigenvalue weighted by molar-refractivity contribution is 0.570. The maximum absolute atomic E-state index is 6.09. The average molecular weight is 216 g/mol. The Bertz CT molecular complexity index is 336. The molecule has 2 N–H and O–H groups in total. The Morgan fingerprint density at radius 2 is 2.08 bits per heavy atom. The predicted molar refractivity (Wildman–Crippen MR) is 56.3 cm³/mol. The highest BCUT2D eigenvalue weighted by Crippen LogP contribution is 2.36. The van der Waals surface area contributed by atoms with Crippen molar-refractivity contribution in [3.63, 3.8) is 0 Å². The van der Waals surface area contributed by atoms with Crippen LogP contribution in [-0.4, -0.2) is 0 Å². The van der Waals surface area contributed by atoms with Crippen molar-refractivity contribution in [2.75, 3.05) is 0 Å². The molecule has 13 heavy (non-hydrogen) atoms. The Labute approximate surface area is 87.8 Å². The molecule has 1 unspecified atom stereocenters. The minimum Gasteiger partial charge on any atom is -0.324 e. The Morgan fingerprint density at radius 3 is 2.85 bits per heavy atom. The molecule has 0 radical (unpaired) electrons. The number of benzene rings is 1. The molecule has 0 spiro atoms. The van der Waals surface area contributed by atoms with E-state index in [2.05, 4.69) is 0 Å². The van der Waals surface area contributed by atoms with Crippen LogP contribution in [0.15, 0.2) is 12.1 Å². The van der Waals surface area contributed by atoms with Crippen molar-refractivity contribution in [1.82, 2.24) is 0 Å². The van der Waals surface area contributed by atoms with Gasteiger partial charge in [-0.1, -0.05) is 29.3 Å². The summed E-state index contributed by atoms with van der Waals surface area (Å²) in [7, 11) is 0. The van der Waals surface area contributed by atoms with Crippen LogP contribution in [0, 0.1) is 0 Å². The van der Waals surface area contributed by atoms with E-state index in [1.165, 1.54) is 5.56 Å². The first-order chi connectivity index (χ1) is 6.20. The average Bonchev–Trinajstić information content (AvgIpc) is 2.12. The second-order valence-electron chi connectivity index (χ2n) is 3.43. The van der Waals surface area contributed by atoms with Crippen molar-refractivity contribution in [3.8, 4) is 0 Å². The summed E-state index contributed by atoms with van der Waals surface area (Å²) in [6.07, 6.45) is 3.15. The molecule has 0 saturated carbocycles. The van der Waals surface area contributed by atoms with Gasteiger partial charge in [0.15, 0.2) is 0 Å². The van der Waals surface area contributed by atoms with Gasteiger partial charge >= 0.3 is 0 Å².